The van der Waals surface area contributed by atoms with E-state index in [-0.39, 0.29) is 35.6 Å². The van der Waals surface area contributed by atoms with Crippen LogP contribution in [0.25, 0.3) is 0 Å². The fraction of sp³-hybridized carbons (Fsp3) is 0.533. The predicted molar refractivity (Wildman–Crippen MR) is 103 cm³/mol. The summed E-state index contributed by atoms with van der Waals surface area (Å²) in [6.07, 6.45) is 1.64. The lowest BCUT2D eigenvalue weighted by Crippen LogP contribution is -2.39. The maximum atomic E-state index is 11.6. The van der Waals surface area contributed by atoms with E-state index < -0.39 is 9.84 Å². The zero-order valence-electron chi connectivity index (χ0n) is 13.2. The highest BCUT2D eigenvalue weighted by molar-refractivity contribution is 14.0. The third-order valence-corrected chi connectivity index (χ3v) is 5.63. The average molecular weight is 453 g/mol. The number of guanidine groups is 1. The topological polar surface area (TPSA) is 93.8 Å². The predicted octanol–water partition coefficient (Wildman–Crippen LogP) is 1.54. The first-order valence-corrected chi connectivity index (χ1v) is 9.18. The number of hydrogen-bond donors (Lipinski definition) is 2. The number of nitrogens with one attached hydrogen (secondary N) is 1. The van der Waals surface area contributed by atoms with Gasteiger partial charge in [0.2, 0.25) is 0 Å². The largest absolute Gasteiger partial charge is 0.496 e. The Balaban J connectivity index is 0.00000264. The molecule has 1 aromatic carbocycles. The fourth-order valence-electron chi connectivity index (χ4n) is 2.59. The number of ether oxygens (including phenoxy) is 1. The second kappa shape index (κ2) is 9.31. The molecule has 1 saturated heterocycles. The average Bonchev–Trinajstić information content (AvgIpc) is 2.50. The number of para-hydroxylation sites is 1. The first-order valence-electron chi connectivity index (χ1n) is 7.36. The highest BCUT2D eigenvalue weighted by atomic mass is 127. The van der Waals surface area contributed by atoms with E-state index in [1.165, 1.54) is 0 Å². The van der Waals surface area contributed by atoms with Gasteiger partial charge in [-0.1, -0.05) is 18.2 Å². The minimum absolute atomic E-state index is 0. The SMILES string of the molecule is COc1ccccc1CN=C(N)NCC1CCCS(=O)(=O)C1.I. The normalized spacial score (nSPS) is 20.4. The van der Waals surface area contributed by atoms with Crippen molar-refractivity contribution in [3.8, 4) is 5.75 Å². The second-order valence-corrected chi connectivity index (χ2v) is 7.75. The molecule has 0 aromatic heterocycles. The molecule has 1 aliphatic rings. The number of nitrogens with zero attached hydrogens (tertiary/aromatic N) is 1. The number of halogens is 1. The van der Waals surface area contributed by atoms with Gasteiger partial charge in [0, 0.05) is 12.1 Å². The number of benzene rings is 1. The third-order valence-electron chi connectivity index (χ3n) is 3.74. The summed E-state index contributed by atoms with van der Waals surface area (Å²) in [4.78, 5) is 4.28. The summed E-state index contributed by atoms with van der Waals surface area (Å²) in [5.41, 5.74) is 6.80. The van der Waals surface area contributed by atoms with Crippen molar-refractivity contribution in [2.75, 3.05) is 25.2 Å². The number of sulfone groups is 1. The molecule has 1 aromatic rings. The number of aliphatic imine (C=N–C) groups is 1. The van der Waals surface area contributed by atoms with Crippen LogP contribution in [0.15, 0.2) is 29.3 Å². The molecule has 0 aliphatic carbocycles. The number of hydrogen-bond acceptors (Lipinski definition) is 4. The van der Waals surface area contributed by atoms with Crippen LogP contribution in [0.5, 0.6) is 5.75 Å². The van der Waals surface area contributed by atoms with Crippen LogP contribution in [0.3, 0.4) is 0 Å². The number of methoxy groups -OCH3 is 1. The Labute approximate surface area is 154 Å². The molecule has 0 bridgehead atoms. The zero-order valence-corrected chi connectivity index (χ0v) is 16.3. The van der Waals surface area contributed by atoms with Crippen molar-refractivity contribution in [3.63, 3.8) is 0 Å². The Kier molecular flexibility index (Phi) is 8.10. The van der Waals surface area contributed by atoms with Gasteiger partial charge in [0.1, 0.15) is 5.75 Å². The summed E-state index contributed by atoms with van der Waals surface area (Å²) < 4.78 is 28.4. The molecule has 1 aliphatic heterocycles. The molecule has 8 heteroatoms. The summed E-state index contributed by atoms with van der Waals surface area (Å²) in [7, 11) is -1.26. The van der Waals surface area contributed by atoms with Gasteiger partial charge in [0.25, 0.3) is 0 Å². The van der Waals surface area contributed by atoms with Crippen LogP contribution in [0.2, 0.25) is 0 Å². The molecule has 6 nitrogen and oxygen atoms in total. The lowest BCUT2D eigenvalue weighted by molar-refractivity contribution is 0.410. The molecule has 3 N–H and O–H groups in total. The maximum absolute atomic E-state index is 11.6. The van der Waals surface area contributed by atoms with Crippen LogP contribution >= 0.6 is 24.0 Å². The Morgan fingerprint density at radius 1 is 1.43 bits per heavy atom. The van der Waals surface area contributed by atoms with Gasteiger partial charge in [0.05, 0.1) is 25.2 Å². The first kappa shape index (κ1) is 20.0. The summed E-state index contributed by atoms with van der Waals surface area (Å²) >= 11 is 0. The van der Waals surface area contributed by atoms with Gasteiger partial charge < -0.3 is 15.8 Å². The van der Waals surface area contributed by atoms with Gasteiger partial charge in [-0.05, 0) is 24.8 Å². The summed E-state index contributed by atoms with van der Waals surface area (Å²) in [5, 5.41) is 3.02. The summed E-state index contributed by atoms with van der Waals surface area (Å²) in [6, 6.07) is 7.63. The lowest BCUT2D eigenvalue weighted by Gasteiger charge is -2.22. The lowest BCUT2D eigenvalue weighted by atomic mass is 10.1. The van der Waals surface area contributed by atoms with Gasteiger partial charge >= 0.3 is 0 Å². The molecular formula is C15H24IN3O3S. The zero-order chi connectivity index (χ0) is 16.0. The van der Waals surface area contributed by atoms with E-state index in [4.69, 9.17) is 10.5 Å². The van der Waals surface area contributed by atoms with Crippen LogP contribution in [-0.2, 0) is 16.4 Å². The molecule has 23 heavy (non-hydrogen) atoms. The Hall–Kier alpha value is -1.03. The van der Waals surface area contributed by atoms with Crippen molar-refractivity contribution >= 4 is 39.8 Å². The molecule has 1 fully saturated rings. The first-order chi connectivity index (χ1) is 10.5. The van der Waals surface area contributed by atoms with E-state index in [2.05, 4.69) is 10.3 Å². The quantitative estimate of drug-likeness (QED) is 0.401. The van der Waals surface area contributed by atoms with Crippen molar-refractivity contribution < 1.29 is 13.2 Å². The van der Waals surface area contributed by atoms with E-state index in [9.17, 15) is 8.42 Å². The van der Waals surface area contributed by atoms with E-state index in [0.29, 0.717) is 24.8 Å². The van der Waals surface area contributed by atoms with Crippen molar-refractivity contribution in [3.05, 3.63) is 29.8 Å². The fourth-order valence-corrected chi connectivity index (χ4v) is 4.36. The van der Waals surface area contributed by atoms with Crippen molar-refractivity contribution in [2.24, 2.45) is 16.6 Å². The maximum Gasteiger partial charge on any atom is 0.188 e. The van der Waals surface area contributed by atoms with Gasteiger partial charge in [-0.25, -0.2) is 13.4 Å². The summed E-state index contributed by atoms with van der Waals surface area (Å²) in [6.45, 7) is 0.965. The minimum Gasteiger partial charge on any atom is -0.496 e. The molecule has 0 amide bonds. The van der Waals surface area contributed by atoms with E-state index >= 15 is 0 Å². The molecular weight excluding hydrogens is 429 g/mol. The highest BCUT2D eigenvalue weighted by Crippen LogP contribution is 2.18. The number of nitrogens with two attached hydrogens (primary N) is 1. The minimum atomic E-state index is -2.88. The third kappa shape index (κ3) is 6.54. The Bertz CT molecular complexity index is 635. The van der Waals surface area contributed by atoms with Crippen molar-refractivity contribution in [1.82, 2.24) is 5.32 Å². The standard InChI is InChI=1S/C15H23N3O3S.HI/c1-21-14-7-3-2-6-13(14)10-18-15(16)17-9-12-5-4-8-22(19,20)11-12;/h2-3,6-7,12H,4-5,8-11H2,1H3,(H3,16,17,18);1H. The Morgan fingerprint density at radius 3 is 2.87 bits per heavy atom. The van der Waals surface area contributed by atoms with Crippen LogP contribution in [0.1, 0.15) is 18.4 Å². The summed E-state index contributed by atoms with van der Waals surface area (Å²) in [5.74, 6) is 1.76. The molecule has 1 atom stereocenters. The van der Waals surface area contributed by atoms with Crippen LogP contribution in [0, 0.1) is 5.92 Å². The van der Waals surface area contributed by atoms with Crippen LogP contribution < -0.4 is 15.8 Å². The van der Waals surface area contributed by atoms with Gasteiger partial charge in [0.15, 0.2) is 15.8 Å². The molecule has 1 unspecified atom stereocenters. The molecule has 0 spiro atoms. The monoisotopic (exact) mass is 453 g/mol. The van der Waals surface area contributed by atoms with Gasteiger partial charge in [-0.2, -0.15) is 0 Å². The van der Waals surface area contributed by atoms with Crippen molar-refractivity contribution in [2.45, 2.75) is 19.4 Å². The van der Waals surface area contributed by atoms with Crippen molar-refractivity contribution in [1.29, 1.82) is 0 Å². The second-order valence-electron chi connectivity index (χ2n) is 5.52. The Morgan fingerprint density at radius 2 is 2.17 bits per heavy atom. The smallest absolute Gasteiger partial charge is 0.188 e. The molecule has 1 heterocycles. The molecule has 130 valence electrons. The van der Waals surface area contributed by atoms with Gasteiger partial charge in [-0.15, -0.1) is 24.0 Å². The van der Waals surface area contributed by atoms with E-state index in [1.807, 2.05) is 24.3 Å². The van der Waals surface area contributed by atoms with Gasteiger partial charge in [-0.3, -0.25) is 0 Å². The van der Waals surface area contributed by atoms with E-state index in [1.54, 1.807) is 7.11 Å². The highest BCUT2D eigenvalue weighted by Gasteiger charge is 2.24. The molecule has 0 saturated carbocycles. The van der Waals surface area contributed by atoms with Crippen LogP contribution in [-0.4, -0.2) is 39.5 Å². The van der Waals surface area contributed by atoms with E-state index in [0.717, 1.165) is 24.2 Å². The molecule has 2 rings (SSSR count). The molecule has 0 radical (unpaired) electrons. The number of rotatable bonds is 5. The van der Waals surface area contributed by atoms with Crippen LogP contribution in [0.4, 0.5) is 0 Å².